The van der Waals surface area contributed by atoms with Gasteiger partial charge in [-0.25, -0.2) is 4.57 Å². The molecule has 0 radical (unpaired) electrons. The molecule has 2 aromatic rings. The van der Waals surface area contributed by atoms with Gasteiger partial charge in [0.15, 0.2) is 7.14 Å². The van der Waals surface area contributed by atoms with Gasteiger partial charge in [0.25, 0.3) is 0 Å². The first-order valence-corrected chi connectivity index (χ1v) is 13.6. The third-order valence-electron chi connectivity index (χ3n) is 2.36. The summed E-state index contributed by atoms with van der Waals surface area (Å²) in [6.07, 6.45) is 0. The minimum atomic E-state index is -4.64. The van der Waals surface area contributed by atoms with Gasteiger partial charge in [-0.1, -0.05) is 36.4 Å². The summed E-state index contributed by atoms with van der Waals surface area (Å²) in [5.74, 6) is 0. The molecule has 0 aliphatic heterocycles. The van der Waals surface area contributed by atoms with Crippen LogP contribution < -0.4 is 25.0 Å². The zero-order chi connectivity index (χ0) is 18.8. The predicted molar refractivity (Wildman–Crippen MR) is 75.4 cm³/mol. The Hall–Kier alpha value is -0.472. The molecule has 0 aromatic heterocycles. The molecule has 3 N–H and O–H groups in total. The van der Waals surface area contributed by atoms with Crippen LogP contribution in [0.5, 0.6) is 0 Å². The van der Waals surface area contributed by atoms with Crippen LogP contribution in [0, 0.1) is 21.0 Å². The number of phosphoric acid groups is 1. The number of hydrogen-bond donors (Lipinski definition) is 3. The molecule has 0 heterocycles. The normalized spacial score (nSPS) is 9.92. The van der Waals surface area contributed by atoms with E-state index in [2.05, 4.69) is 62.4 Å². The summed E-state index contributed by atoms with van der Waals surface area (Å²) in [7, 11) is -4.64. The molecular formula is C14H17IO7PW. The van der Waals surface area contributed by atoms with Crippen molar-refractivity contribution in [3.05, 3.63) is 66.8 Å². The van der Waals surface area contributed by atoms with Crippen LogP contribution in [0.2, 0.25) is 0 Å². The Morgan fingerprint density at radius 2 is 1.12 bits per heavy atom. The Morgan fingerprint density at radius 3 is 1.38 bits per heavy atom. The summed E-state index contributed by atoms with van der Waals surface area (Å²) in [6, 6.07) is 17.4. The monoisotopic (exact) mass is 639 g/mol. The summed E-state index contributed by atoms with van der Waals surface area (Å²) >= 11 is -4.29. The van der Waals surface area contributed by atoms with E-state index in [0.717, 1.165) is 0 Å². The molecule has 0 fully saturated rings. The van der Waals surface area contributed by atoms with Crippen LogP contribution in [-0.4, -0.2) is 14.7 Å². The van der Waals surface area contributed by atoms with Gasteiger partial charge in [0, 0.05) is 11.1 Å². The summed E-state index contributed by atoms with van der Waals surface area (Å²) < 4.78 is 37.8. The van der Waals surface area contributed by atoms with E-state index in [-0.39, 0.29) is 21.2 Å². The van der Waals surface area contributed by atoms with E-state index in [1.165, 1.54) is 18.3 Å². The zero-order valence-corrected chi connectivity index (χ0v) is 18.8. The van der Waals surface area contributed by atoms with Crippen molar-refractivity contribution in [3.63, 3.8) is 0 Å². The molecule has 2 aromatic carbocycles. The van der Waals surface area contributed by atoms with Crippen LogP contribution in [0.3, 0.4) is 0 Å². The molecule has 0 unspecified atom stereocenters. The van der Waals surface area contributed by atoms with Crippen molar-refractivity contribution in [1.29, 1.82) is 0 Å². The van der Waals surface area contributed by atoms with Crippen molar-refractivity contribution in [1.82, 2.24) is 0 Å². The molecule has 7 nitrogen and oxygen atoms in total. The minimum absolute atomic E-state index is 0.0147. The molecule has 0 saturated heterocycles. The first-order chi connectivity index (χ1) is 11.0. The molecule has 0 bridgehead atoms. The van der Waals surface area contributed by atoms with E-state index in [4.69, 9.17) is 29.8 Å². The molecule has 2 rings (SSSR count). The molecule has 10 heteroatoms. The van der Waals surface area contributed by atoms with Crippen LogP contribution in [0.15, 0.2) is 48.5 Å². The van der Waals surface area contributed by atoms with Gasteiger partial charge >= 0.3 is 57.2 Å². The fourth-order valence-corrected chi connectivity index (χ4v) is 4.03. The first kappa shape index (κ1) is 23.5. The maximum absolute atomic E-state index is 8.88. The van der Waals surface area contributed by atoms with Gasteiger partial charge in [-0.15, -0.1) is 0 Å². The van der Waals surface area contributed by atoms with Gasteiger partial charge in [0.1, 0.15) is 0 Å². The van der Waals surface area contributed by atoms with Crippen LogP contribution in [0.4, 0.5) is 0 Å². The van der Waals surface area contributed by atoms with Crippen LogP contribution >= 0.6 is 7.82 Å². The van der Waals surface area contributed by atoms with Gasteiger partial charge in [0.05, 0.1) is 0 Å². The van der Waals surface area contributed by atoms with Crippen molar-refractivity contribution < 1.29 is 68.6 Å². The predicted octanol–water partition coefficient (Wildman–Crippen LogP) is -1.93. The van der Waals surface area contributed by atoms with Gasteiger partial charge < -0.3 is 14.7 Å². The fourth-order valence-electron chi connectivity index (χ4n) is 1.42. The summed E-state index contributed by atoms with van der Waals surface area (Å²) in [5, 5.41) is 0. The molecule has 0 atom stereocenters. The molecule has 0 saturated carbocycles. The Bertz CT molecular complexity index is 699. The zero-order valence-electron chi connectivity index (χ0n) is 12.8. The van der Waals surface area contributed by atoms with E-state index < -0.39 is 25.4 Å². The molecule has 0 amide bonds. The average molecular weight is 639 g/mol. The van der Waals surface area contributed by atoms with E-state index in [9.17, 15) is 0 Å². The number of hydrogen-bond acceptors (Lipinski definition) is 4. The van der Waals surface area contributed by atoms with Crippen LogP contribution in [-0.2, 0) is 29.0 Å². The molecule has 0 aliphatic carbocycles. The Labute approximate surface area is 156 Å². The van der Waals surface area contributed by atoms with Crippen molar-refractivity contribution in [2.24, 2.45) is 0 Å². The second-order valence-electron chi connectivity index (χ2n) is 4.31. The van der Waals surface area contributed by atoms with E-state index in [1.54, 1.807) is 0 Å². The number of aryl methyl sites for hydroxylation is 2. The van der Waals surface area contributed by atoms with Gasteiger partial charge in [-0.3, -0.25) is 0 Å². The third kappa shape index (κ3) is 13.9. The van der Waals surface area contributed by atoms with Crippen molar-refractivity contribution in [2.75, 3.05) is 0 Å². The third-order valence-corrected chi connectivity index (χ3v) is 5.94. The first-order valence-electron chi connectivity index (χ1n) is 6.32. The topological polar surface area (TPSA) is 135 Å². The standard InChI is InChI=1S/C14H14I.H3O4P.3O.W/c1-11-7-3-5-9-13(11)15-14-10-6-4-8-12(14)2;1-5(2,3)4;;;;/h3-10H,1-2H3;(H3,1,2,3,4);;;;/q+1;;;;-1;. The Morgan fingerprint density at radius 1 is 0.875 bits per heavy atom. The average Bonchev–Trinajstić information content (AvgIpc) is 2.41. The van der Waals surface area contributed by atoms with Gasteiger partial charge in [-0.05, 0) is 26.0 Å². The fraction of sp³-hybridized carbons (Fsp3) is 0.143. The van der Waals surface area contributed by atoms with Crippen molar-refractivity contribution >= 4 is 7.82 Å². The quantitative estimate of drug-likeness (QED) is 0.258. The molecule has 0 spiro atoms. The number of benzene rings is 2. The van der Waals surface area contributed by atoms with Crippen LogP contribution in [0.1, 0.15) is 11.1 Å². The van der Waals surface area contributed by atoms with Gasteiger partial charge in [-0.2, -0.15) is 0 Å². The maximum atomic E-state index is 8.88. The molecule has 24 heavy (non-hydrogen) atoms. The second kappa shape index (κ2) is 12.0. The van der Waals surface area contributed by atoms with Crippen LogP contribution in [0.25, 0.3) is 0 Å². The molecule has 0 aliphatic rings. The summed E-state index contributed by atoms with van der Waals surface area (Å²) in [6.45, 7) is 4.40. The van der Waals surface area contributed by atoms with E-state index in [0.29, 0.717) is 0 Å². The Balaban J connectivity index is 0.000000492. The molecule has 133 valence electrons. The van der Waals surface area contributed by atoms with Gasteiger partial charge in [0.2, 0.25) is 0 Å². The van der Waals surface area contributed by atoms with E-state index in [1.807, 2.05) is 0 Å². The number of halogens is 1. The second-order valence-corrected chi connectivity index (χ2v) is 9.67. The Kier molecular flexibility index (Phi) is 11.7. The number of rotatable bonds is 2. The van der Waals surface area contributed by atoms with Crippen molar-refractivity contribution in [3.8, 4) is 0 Å². The summed E-state index contributed by atoms with van der Waals surface area (Å²) in [5.41, 5.74) is 2.85. The summed E-state index contributed by atoms with van der Waals surface area (Å²) in [4.78, 5) is 21.6. The molecular weight excluding hydrogens is 622 g/mol. The van der Waals surface area contributed by atoms with Crippen molar-refractivity contribution in [2.45, 2.75) is 13.8 Å². The SMILES string of the molecule is Cc1ccccc1[I+]c1ccccc1C.O=P(O)(O)O.[O]=[W](=[O])[O-]. The van der Waals surface area contributed by atoms with E-state index >= 15 is 0 Å².